The number of benzene rings is 2. The van der Waals surface area contributed by atoms with Gasteiger partial charge < -0.3 is 15.1 Å². The van der Waals surface area contributed by atoms with Crippen molar-refractivity contribution in [2.45, 2.75) is 13.8 Å². The summed E-state index contributed by atoms with van der Waals surface area (Å²) < 4.78 is 2.70. The van der Waals surface area contributed by atoms with Crippen LogP contribution in [0, 0.1) is 6.92 Å². The summed E-state index contributed by atoms with van der Waals surface area (Å²) in [4.78, 5) is 17.6. The second kappa shape index (κ2) is 9.02. The lowest BCUT2D eigenvalue weighted by atomic mass is 10.1. The number of carbonyl (C=O) groups excluding carboxylic acids is 1. The summed E-state index contributed by atoms with van der Waals surface area (Å²) in [7, 11) is 0. The molecule has 1 amide bonds. The zero-order chi connectivity index (χ0) is 21.1. The lowest BCUT2D eigenvalue weighted by Crippen LogP contribution is -2.46. The molecule has 2 aromatic carbocycles. The van der Waals surface area contributed by atoms with E-state index in [0.29, 0.717) is 5.56 Å². The fourth-order valence-electron chi connectivity index (χ4n) is 3.68. The first-order valence-electron chi connectivity index (χ1n) is 10.2. The van der Waals surface area contributed by atoms with Crippen molar-refractivity contribution in [1.82, 2.24) is 14.7 Å². The number of amides is 1. The lowest BCUT2D eigenvalue weighted by molar-refractivity contribution is 0.102. The number of nitrogens with one attached hydrogen (secondary N) is 1. The van der Waals surface area contributed by atoms with E-state index in [1.807, 2.05) is 37.3 Å². The van der Waals surface area contributed by atoms with Crippen LogP contribution in [0.2, 0.25) is 0 Å². The number of piperazine rings is 1. The molecule has 0 aliphatic carbocycles. The van der Waals surface area contributed by atoms with Crippen LogP contribution in [0.25, 0.3) is 5.69 Å². The molecular formula is C23H26BrN5O. The monoisotopic (exact) mass is 467 g/mol. The molecule has 0 atom stereocenters. The Morgan fingerprint density at radius 1 is 1.07 bits per heavy atom. The molecule has 156 valence electrons. The van der Waals surface area contributed by atoms with E-state index in [1.165, 1.54) is 5.69 Å². The molecule has 1 fully saturated rings. The van der Waals surface area contributed by atoms with Crippen molar-refractivity contribution in [3.63, 3.8) is 0 Å². The molecule has 0 spiro atoms. The highest BCUT2D eigenvalue weighted by molar-refractivity contribution is 9.10. The van der Waals surface area contributed by atoms with Crippen LogP contribution < -0.4 is 10.2 Å². The van der Waals surface area contributed by atoms with Crippen molar-refractivity contribution in [3.05, 3.63) is 70.5 Å². The van der Waals surface area contributed by atoms with Gasteiger partial charge in [-0.15, -0.1) is 0 Å². The molecule has 0 saturated carbocycles. The Bertz CT molecular complexity index is 1020. The molecule has 4 rings (SSSR count). The average molecular weight is 468 g/mol. The minimum atomic E-state index is -0.161. The quantitative estimate of drug-likeness (QED) is 0.606. The standard InChI is InChI=1S/C23H26BrN5O/c1-3-27-10-12-28(13-11-27)21-8-9-22(17(2)14-21)26-23(30)18-15-25-29(16-18)20-6-4-19(24)5-7-20/h4-9,14-16H,3,10-13H2,1-2H3,(H,26,30). The van der Waals surface area contributed by atoms with Crippen LogP contribution in [-0.2, 0) is 0 Å². The fourth-order valence-corrected chi connectivity index (χ4v) is 3.94. The van der Waals surface area contributed by atoms with E-state index >= 15 is 0 Å². The second-order valence-electron chi connectivity index (χ2n) is 7.52. The van der Waals surface area contributed by atoms with Crippen molar-refractivity contribution in [3.8, 4) is 5.69 Å². The van der Waals surface area contributed by atoms with E-state index in [9.17, 15) is 4.79 Å². The molecular weight excluding hydrogens is 442 g/mol. The van der Waals surface area contributed by atoms with Gasteiger partial charge in [-0.05, 0) is 61.5 Å². The van der Waals surface area contributed by atoms with Gasteiger partial charge in [-0.3, -0.25) is 4.79 Å². The molecule has 3 aromatic rings. The number of aryl methyl sites for hydroxylation is 1. The third-order valence-electron chi connectivity index (χ3n) is 5.58. The maximum atomic E-state index is 12.7. The highest BCUT2D eigenvalue weighted by Crippen LogP contribution is 2.24. The Morgan fingerprint density at radius 2 is 1.77 bits per heavy atom. The minimum absolute atomic E-state index is 0.161. The second-order valence-corrected chi connectivity index (χ2v) is 8.44. The SMILES string of the molecule is CCN1CCN(c2ccc(NC(=O)c3cnn(-c4ccc(Br)cc4)c3)c(C)c2)CC1. The summed E-state index contributed by atoms with van der Waals surface area (Å²) in [5, 5.41) is 7.34. The largest absolute Gasteiger partial charge is 0.369 e. The van der Waals surface area contributed by atoms with Crippen molar-refractivity contribution < 1.29 is 4.79 Å². The van der Waals surface area contributed by atoms with E-state index in [2.05, 4.69) is 55.2 Å². The van der Waals surface area contributed by atoms with Crippen LogP contribution >= 0.6 is 15.9 Å². The van der Waals surface area contributed by atoms with Gasteiger partial charge in [0, 0.05) is 48.2 Å². The van der Waals surface area contributed by atoms with Crippen LogP contribution in [0.15, 0.2) is 59.3 Å². The van der Waals surface area contributed by atoms with E-state index in [1.54, 1.807) is 17.1 Å². The van der Waals surface area contributed by atoms with Crippen LogP contribution in [0.4, 0.5) is 11.4 Å². The maximum absolute atomic E-state index is 12.7. The number of aromatic nitrogens is 2. The molecule has 1 aromatic heterocycles. The first kappa shape index (κ1) is 20.6. The first-order chi connectivity index (χ1) is 14.5. The third kappa shape index (κ3) is 4.57. The lowest BCUT2D eigenvalue weighted by Gasteiger charge is -2.35. The van der Waals surface area contributed by atoms with Crippen LogP contribution in [0.1, 0.15) is 22.8 Å². The van der Waals surface area contributed by atoms with Gasteiger partial charge in [0.15, 0.2) is 0 Å². The number of likely N-dealkylation sites (N-methyl/N-ethyl adjacent to an activating group) is 1. The van der Waals surface area contributed by atoms with Crippen LogP contribution in [-0.4, -0.2) is 53.3 Å². The number of halogens is 1. The van der Waals surface area contributed by atoms with Crippen molar-refractivity contribution in [2.24, 2.45) is 0 Å². The minimum Gasteiger partial charge on any atom is -0.369 e. The predicted molar refractivity (Wildman–Crippen MR) is 125 cm³/mol. The van der Waals surface area contributed by atoms with Gasteiger partial charge in [-0.2, -0.15) is 5.10 Å². The van der Waals surface area contributed by atoms with Crippen LogP contribution in [0.3, 0.4) is 0 Å². The molecule has 7 heteroatoms. The highest BCUT2D eigenvalue weighted by atomic mass is 79.9. The highest BCUT2D eigenvalue weighted by Gasteiger charge is 2.17. The normalized spacial score (nSPS) is 14.7. The molecule has 0 unspecified atom stereocenters. The van der Waals surface area contributed by atoms with Gasteiger partial charge in [-0.1, -0.05) is 22.9 Å². The molecule has 1 N–H and O–H groups in total. The summed E-state index contributed by atoms with van der Waals surface area (Å²) in [6, 6.07) is 14.0. The maximum Gasteiger partial charge on any atom is 0.258 e. The van der Waals surface area contributed by atoms with Crippen LogP contribution in [0.5, 0.6) is 0 Å². The zero-order valence-corrected chi connectivity index (χ0v) is 18.9. The Hall–Kier alpha value is -2.64. The molecule has 2 heterocycles. The molecule has 1 aliphatic heterocycles. The molecule has 1 aliphatic rings. The summed E-state index contributed by atoms with van der Waals surface area (Å²) in [6.45, 7) is 9.61. The average Bonchev–Trinajstić information content (AvgIpc) is 3.26. The zero-order valence-electron chi connectivity index (χ0n) is 17.3. The van der Waals surface area contributed by atoms with Gasteiger partial charge in [0.1, 0.15) is 0 Å². The topological polar surface area (TPSA) is 53.4 Å². The number of carbonyl (C=O) groups is 1. The van der Waals surface area contributed by atoms with E-state index in [4.69, 9.17) is 0 Å². The van der Waals surface area contributed by atoms with E-state index < -0.39 is 0 Å². The Labute approximate surface area is 185 Å². The number of hydrogen-bond donors (Lipinski definition) is 1. The molecule has 6 nitrogen and oxygen atoms in total. The molecule has 30 heavy (non-hydrogen) atoms. The smallest absolute Gasteiger partial charge is 0.258 e. The molecule has 0 radical (unpaired) electrons. The first-order valence-corrected chi connectivity index (χ1v) is 11.0. The number of nitrogens with zero attached hydrogens (tertiary/aromatic N) is 4. The summed E-state index contributed by atoms with van der Waals surface area (Å²) >= 11 is 3.43. The summed E-state index contributed by atoms with van der Waals surface area (Å²) in [5.41, 5.74) is 4.52. The molecule has 0 bridgehead atoms. The van der Waals surface area contributed by atoms with Crippen molar-refractivity contribution >= 4 is 33.2 Å². The van der Waals surface area contributed by atoms with E-state index in [0.717, 1.165) is 54.1 Å². The van der Waals surface area contributed by atoms with Gasteiger partial charge in [0.05, 0.1) is 17.4 Å². The van der Waals surface area contributed by atoms with Crippen molar-refractivity contribution in [2.75, 3.05) is 42.9 Å². The fraction of sp³-hybridized carbons (Fsp3) is 0.304. The third-order valence-corrected chi connectivity index (χ3v) is 6.11. The van der Waals surface area contributed by atoms with Gasteiger partial charge in [0.25, 0.3) is 5.91 Å². The summed E-state index contributed by atoms with van der Waals surface area (Å²) in [5.74, 6) is -0.161. The molecule has 1 saturated heterocycles. The van der Waals surface area contributed by atoms with E-state index in [-0.39, 0.29) is 5.91 Å². The Kier molecular flexibility index (Phi) is 6.20. The van der Waals surface area contributed by atoms with Gasteiger partial charge in [0.2, 0.25) is 0 Å². The van der Waals surface area contributed by atoms with Gasteiger partial charge >= 0.3 is 0 Å². The number of rotatable bonds is 5. The Balaban J connectivity index is 1.43. The number of anilines is 2. The number of hydrogen-bond acceptors (Lipinski definition) is 4. The van der Waals surface area contributed by atoms with Gasteiger partial charge in [-0.25, -0.2) is 4.68 Å². The Morgan fingerprint density at radius 3 is 2.43 bits per heavy atom. The summed E-state index contributed by atoms with van der Waals surface area (Å²) in [6.07, 6.45) is 3.34. The predicted octanol–water partition coefficient (Wildman–Crippen LogP) is 4.34. The van der Waals surface area contributed by atoms with Crippen molar-refractivity contribution in [1.29, 1.82) is 0 Å².